The van der Waals surface area contributed by atoms with E-state index >= 15 is 0 Å². The van der Waals surface area contributed by atoms with Crippen LogP contribution in [-0.2, 0) is 11.3 Å². The molecule has 1 N–H and O–H groups in total. The van der Waals surface area contributed by atoms with Gasteiger partial charge in [-0.1, -0.05) is 86.3 Å². The van der Waals surface area contributed by atoms with E-state index in [1.807, 2.05) is 12.1 Å². The minimum absolute atomic E-state index is 0.00558. The number of carbonyl (C=O) groups excluding carboxylic acids is 1. The fourth-order valence-electron chi connectivity index (χ4n) is 3.19. The summed E-state index contributed by atoms with van der Waals surface area (Å²) in [4.78, 5) is 12.3. The maximum atomic E-state index is 12.3. The number of hydrogen-bond donors (Lipinski definition) is 1. The smallest absolute Gasteiger partial charge is 0.230 e. The van der Waals surface area contributed by atoms with Crippen molar-refractivity contribution >= 4 is 17.7 Å². The van der Waals surface area contributed by atoms with Crippen LogP contribution in [0.2, 0.25) is 0 Å². The number of thioether (sulfide) groups is 1. The van der Waals surface area contributed by atoms with Crippen LogP contribution >= 0.6 is 11.8 Å². The molecule has 0 fully saturated rings. The van der Waals surface area contributed by atoms with E-state index in [0.29, 0.717) is 23.4 Å². The zero-order valence-electron chi connectivity index (χ0n) is 16.9. The Hall–Kier alpha value is -2.67. The lowest BCUT2D eigenvalue weighted by molar-refractivity contribution is -0.118. The van der Waals surface area contributed by atoms with Crippen LogP contribution < -0.4 is 5.32 Å². The molecule has 1 amide bonds. The van der Waals surface area contributed by atoms with Crippen molar-refractivity contribution in [2.75, 3.05) is 12.3 Å². The Morgan fingerprint density at radius 3 is 2.24 bits per heavy atom. The summed E-state index contributed by atoms with van der Waals surface area (Å²) in [7, 11) is 0. The Morgan fingerprint density at radius 1 is 1.03 bits per heavy atom. The number of hydrogen-bond acceptors (Lipinski definition) is 5. The normalized spacial score (nSPS) is 11.2. The zero-order valence-corrected chi connectivity index (χ0v) is 17.7. The molecular formula is C22H27N5OS. The van der Waals surface area contributed by atoms with Crippen molar-refractivity contribution in [3.05, 3.63) is 71.8 Å². The highest BCUT2D eigenvalue weighted by Gasteiger charge is 2.15. The maximum Gasteiger partial charge on any atom is 0.230 e. The quantitative estimate of drug-likeness (QED) is 0.516. The van der Waals surface area contributed by atoms with Gasteiger partial charge < -0.3 is 5.32 Å². The summed E-state index contributed by atoms with van der Waals surface area (Å²) in [6.45, 7) is 5.58. The summed E-state index contributed by atoms with van der Waals surface area (Å²) < 4.78 is 1.75. The second kappa shape index (κ2) is 10.8. The molecule has 6 nitrogen and oxygen atoms in total. The first-order chi connectivity index (χ1) is 14.1. The van der Waals surface area contributed by atoms with E-state index in [9.17, 15) is 4.79 Å². The van der Waals surface area contributed by atoms with Crippen molar-refractivity contribution in [1.82, 2.24) is 25.5 Å². The monoisotopic (exact) mass is 409 g/mol. The first-order valence-corrected chi connectivity index (χ1v) is 10.9. The van der Waals surface area contributed by atoms with E-state index < -0.39 is 0 Å². The van der Waals surface area contributed by atoms with Crippen LogP contribution in [0.15, 0.2) is 65.8 Å². The lowest BCUT2D eigenvalue weighted by Crippen LogP contribution is -2.27. The molecule has 152 valence electrons. The number of carbonyl (C=O) groups is 1. The number of rotatable bonds is 10. The van der Waals surface area contributed by atoms with Crippen LogP contribution in [0, 0.1) is 5.92 Å². The van der Waals surface area contributed by atoms with Gasteiger partial charge in [-0.25, -0.2) is 4.68 Å². The average molecular weight is 410 g/mol. The van der Waals surface area contributed by atoms with Crippen molar-refractivity contribution in [2.24, 2.45) is 5.92 Å². The first-order valence-electron chi connectivity index (χ1n) is 9.89. The highest BCUT2D eigenvalue weighted by Crippen LogP contribution is 2.27. The molecule has 0 radical (unpaired) electrons. The van der Waals surface area contributed by atoms with Crippen molar-refractivity contribution in [3.8, 4) is 0 Å². The fourth-order valence-corrected chi connectivity index (χ4v) is 3.91. The molecule has 1 heterocycles. The van der Waals surface area contributed by atoms with Crippen molar-refractivity contribution in [3.63, 3.8) is 0 Å². The number of benzene rings is 2. The van der Waals surface area contributed by atoms with Gasteiger partial charge in [0, 0.05) is 19.0 Å². The molecule has 0 bridgehead atoms. The highest BCUT2D eigenvalue weighted by atomic mass is 32.2. The summed E-state index contributed by atoms with van der Waals surface area (Å²) in [6.07, 6.45) is 0.843. The molecule has 0 unspecified atom stereocenters. The van der Waals surface area contributed by atoms with E-state index in [1.54, 1.807) is 4.68 Å². The van der Waals surface area contributed by atoms with Crippen LogP contribution in [0.5, 0.6) is 0 Å². The van der Waals surface area contributed by atoms with Crippen LogP contribution in [0.1, 0.15) is 37.3 Å². The van der Waals surface area contributed by atoms with Crippen molar-refractivity contribution in [1.29, 1.82) is 0 Å². The lowest BCUT2D eigenvalue weighted by Gasteiger charge is -2.18. The molecule has 3 aromatic rings. The second-order valence-electron chi connectivity index (χ2n) is 7.34. The Morgan fingerprint density at radius 2 is 1.66 bits per heavy atom. The summed E-state index contributed by atoms with van der Waals surface area (Å²) in [5.74, 6) is 0.997. The minimum atomic E-state index is -0.00558. The largest absolute Gasteiger partial charge is 0.355 e. The number of nitrogens with one attached hydrogen (secondary N) is 1. The highest BCUT2D eigenvalue weighted by molar-refractivity contribution is 7.99. The molecular weight excluding hydrogens is 382 g/mol. The van der Waals surface area contributed by atoms with Gasteiger partial charge in [-0.3, -0.25) is 4.79 Å². The van der Waals surface area contributed by atoms with Gasteiger partial charge in [0.25, 0.3) is 0 Å². The van der Waals surface area contributed by atoms with E-state index in [4.69, 9.17) is 0 Å². The molecule has 3 rings (SSSR count). The number of tetrazole rings is 1. The Balaban J connectivity index is 1.52. The van der Waals surface area contributed by atoms with E-state index in [-0.39, 0.29) is 11.8 Å². The molecule has 1 aromatic heterocycles. The van der Waals surface area contributed by atoms with Crippen molar-refractivity contribution in [2.45, 2.75) is 37.9 Å². The van der Waals surface area contributed by atoms with E-state index in [0.717, 1.165) is 13.0 Å². The predicted octanol–water partition coefficient (Wildman–Crippen LogP) is 3.76. The molecule has 2 aromatic carbocycles. The van der Waals surface area contributed by atoms with Gasteiger partial charge in [-0.2, -0.15) is 0 Å². The maximum absolute atomic E-state index is 12.3. The van der Waals surface area contributed by atoms with E-state index in [2.05, 4.69) is 83.2 Å². The molecule has 7 heteroatoms. The molecule has 0 aliphatic rings. The number of amides is 1. The molecule has 0 aliphatic carbocycles. The second-order valence-corrected chi connectivity index (χ2v) is 8.28. The average Bonchev–Trinajstić information content (AvgIpc) is 3.17. The molecule has 0 saturated carbocycles. The SMILES string of the molecule is CC(C)Cn1nnnc1SCC(=O)NCCC(c1ccccc1)c1ccccc1. The summed E-state index contributed by atoms with van der Waals surface area (Å²) in [5, 5.41) is 15.4. The van der Waals surface area contributed by atoms with Gasteiger partial charge in [0.15, 0.2) is 0 Å². The molecule has 29 heavy (non-hydrogen) atoms. The number of nitrogens with zero attached hydrogens (tertiary/aromatic N) is 4. The van der Waals surface area contributed by atoms with E-state index in [1.165, 1.54) is 22.9 Å². The molecule has 0 aliphatic heterocycles. The zero-order chi connectivity index (χ0) is 20.5. The third-order valence-electron chi connectivity index (χ3n) is 4.53. The molecule has 0 atom stereocenters. The van der Waals surface area contributed by atoms with Crippen LogP contribution in [0.25, 0.3) is 0 Å². The van der Waals surface area contributed by atoms with Crippen LogP contribution in [0.3, 0.4) is 0 Å². The lowest BCUT2D eigenvalue weighted by atomic mass is 9.88. The topological polar surface area (TPSA) is 72.7 Å². The Labute approximate surface area is 176 Å². The van der Waals surface area contributed by atoms with Crippen molar-refractivity contribution < 1.29 is 4.79 Å². The van der Waals surface area contributed by atoms with Gasteiger partial charge in [-0.15, -0.1) is 5.10 Å². The Kier molecular flexibility index (Phi) is 7.81. The summed E-state index contributed by atoms with van der Waals surface area (Å²) >= 11 is 1.37. The predicted molar refractivity (Wildman–Crippen MR) is 116 cm³/mol. The fraction of sp³-hybridized carbons (Fsp3) is 0.364. The van der Waals surface area contributed by atoms with Crippen LogP contribution in [0.4, 0.5) is 0 Å². The third kappa shape index (κ3) is 6.42. The standard InChI is InChI=1S/C22H27N5OS/c1-17(2)15-27-22(24-25-26-27)29-16-21(28)23-14-13-20(18-9-5-3-6-10-18)19-11-7-4-8-12-19/h3-12,17,20H,13-16H2,1-2H3,(H,23,28). The van der Waals surface area contributed by atoms with Gasteiger partial charge in [0.1, 0.15) is 0 Å². The Bertz CT molecular complexity index is 843. The van der Waals surface area contributed by atoms with Crippen LogP contribution in [-0.4, -0.2) is 38.4 Å². The summed E-state index contributed by atoms with van der Waals surface area (Å²) in [6, 6.07) is 20.9. The first kappa shape index (κ1) is 21.0. The molecule has 0 saturated heterocycles. The third-order valence-corrected chi connectivity index (χ3v) is 5.49. The van der Waals surface area contributed by atoms with Gasteiger partial charge >= 0.3 is 0 Å². The van der Waals surface area contributed by atoms with Gasteiger partial charge in [0.2, 0.25) is 11.1 Å². The summed E-state index contributed by atoms with van der Waals surface area (Å²) in [5.41, 5.74) is 2.52. The van der Waals surface area contributed by atoms with Gasteiger partial charge in [-0.05, 0) is 33.9 Å². The molecule has 0 spiro atoms. The van der Waals surface area contributed by atoms with Gasteiger partial charge in [0.05, 0.1) is 5.75 Å². The minimum Gasteiger partial charge on any atom is -0.355 e. The number of aromatic nitrogens is 4.